The number of ether oxygens (including phenoxy) is 1. The minimum Gasteiger partial charge on any atom is -0.488 e. The molecule has 0 fully saturated rings. The van der Waals surface area contributed by atoms with Crippen molar-refractivity contribution in [2.24, 2.45) is 0 Å². The van der Waals surface area contributed by atoms with Gasteiger partial charge in [-0.2, -0.15) is 0 Å². The number of aromatic nitrogens is 1. The topological polar surface area (TPSA) is 77.5 Å². The molecule has 5 heteroatoms. The number of hydrogen-bond donors (Lipinski definition) is 2. The fourth-order valence-corrected chi connectivity index (χ4v) is 1.82. The van der Waals surface area contributed by atoms with Crippen LogP contribution in [0.3, 0.4) is 0 Å². The number of pyridine rings is 1. The third-order valence-electron chi connectivity index (χ3n) is 2.88. The largest absolute Gasteiger partial charge is 0.488 e. The lowest BCUT2D eigenvalue weighted by atomic mass is 10.2. The van der Waals surface area contributed by atoms with Crippen LogP contribution in [0.25, 0.3) is 0 Å². The van der Waals surface area contributed by atoms with Crippen LogP contribution in [-0.2, 0) is 6.54 Å². The molecule has 0 aliphatic rings. The summed E-state index contributed by atoms with van der Waals surface area (Å²) in [5, 5.41) is 8.71. The second-order valence-electron chi connectivity index (χ2n) is 4.47. The van der Waals surface area contributed by atoms with Gasteiger partial charge in [0.15, 0.2) is 5.75 Å². The van der Waals surface area contributed by atoms with E-state index in [9.17, 15) is 4.79 Å². The van der Waals surface area contributed by atoms with Gasteiger partial charge in [-0.25, -0.2) is 0 Å². The molecule has 20 heavy (non-hydrogen) atoms. The molecule has 0 unspecified atom stereocenters. The van der Waals surface area contributed by atoms with Crippen LogP contribution < -0.4 is 16.0 Å². The third kappa shape index (κ3) is 3.61. The molecular formula is C15H18N2O3. The minimum atomic E-state index is -0.178. The van der Waals surface area contributed by atoms with Crippen molar-refractivity contribution in [3.05, 3.63) is 58.5 Å². The van der Waals surface area contributed by atoms with E-state index in [0.717, 1.165) is 5.56 Å². The second-order valence-corrected chi connectivity index (χ2v) is 4.47. The van der Waals surface area contributed by atoms with Crippen LogP contribution in [0, 0.1) is 0 Å². The van der Waals surface area contributed by atoms with Crippen molar-refractivity contribution in [1.29, 1.82) is 0 Å². The summed E-state index contributed by atoms with van der Waals surface area (Å²) >= 11 is 0. The monoisotopic (exact) mass is 274 g/mol. The van der Waals surface area contributed by atoms with Crippen LogP contribution >= 0.6 is 0 Å². The maximum atomic E-state index is 12.2. The van der Waals surface area contributed by atoms with Crippen LogP contribution in [0.4, 0.5) is 5.69 Å². The van der Waals surface area contributed by atoms with E-state index in [1.54, 1.807) is 22.9 Å². The molecule has 1 aromatic carbocycles. The molecule has 0 saturated heterocycles. The number of rotatable bonds is 6. The zero-order chi connectivity index (χ0) is 14.4. The molecule has 1 aromatic heterocycles. The van der Waals surface area contributed by atoms with Crippen molar-refractivity contribution in [3.63, 3.8) is 0 Å². The normalized spacial score (nSPS) is 10.4. The Labute approximate surface area is 117 Å². The molecule has 0 spiro atoms. The molecule has 0 aliphatic carbocycles. The van der Waals surface area contributed by atoms with Gasteiger partial charge in [-0.3, -0.25) is 4.79 Å². The van der Waals surface area contributed by atoms with Crippen LogP contribution in [0.1, 0.15) is 12.0 Å². The van der Waals surface area contributed by atoms with Crippen LogP contribution in [0.5, 0.6) is 5.75 Å². The Morgan fingerprint density at radius 2 is 1.95 bits per heavy atom. The standard InChI is InChI=1S/C15H18N2O3/c16-13-6-4-12(5-7-13)11-17-8-1-3-14(15(17)19)20-10-2-9-18/h1,3-8,18H,2,9-11,16H2. The summed E-state index contributed by atoms with van der Waals surface area (Å²) in [6.45, 7) is 0.848. The fraction of sp³-hybridized carbons (Fsp3) is 0.267. The first-order valence-corrected chi connectivity index (χ1v) is 6.48. The van der Waals surface area contributed by atoms with Gasteiger partial charge < -0.3 is 20.1 Å². The Hall–Kier alpha value is -2.27. The van der Waals surface area contributed by atoms with Crippen molar-refractivity contribution in [2.45, 2.75) is 13.0 Å². The van der Waals surface area contributed by atoms with Crippen LogP contribution in [-0.4, -0.2) is 22.9 Å². The van der Waals surface area contributed by atoms with Gasteiger partial charge in [0, 0.05) is 24.9 Å². The molecule has 106 valence electrons. The summed E-state index contributed by atoms with van der Waals surface area (Å²) in [5.41, 5.74) is 7.15. The van der Waals surface area contributed by atoms with E-state index >= 15 is 0 Å². The van der Waals surface area contributed by atoms with Crippen molar-refractivity contribution < 1.29 is 9.84 Å². The maximum absolute atomic E-state index is 12.2. The van der Waals surface area contributed by atoms with Crippen molar-refractivity contribution in [3.8, 4) is 5.75 Å². The van der Waals surface area contributed by atoms with Gasteiger partial charge in [-0.1, -0.05) is 12.1 Å². The predicted octanol–water partition coefficient (Wildman–Crippen LogP) is 1.24. The molecule has 3 N–H and O–H groups in total. The molecular weight excluding hydrogens is 256 g/mol. The summed E-state index contributed by atoms with van der Waals surface area (Å²) in [6, 6.07) is 10.8. The number of anilines is 1. The highest BCUT2D eigenvalue weighted by atomic mass is 16.5. The van der Waals surface area contributed by atoms with E-state index < -0.39 is 0 Å². The van der Waals surface area contributed by atoms with Gasteiger partial charge in [0.1, 0.15) is 0 Å². The second kappa shape index (κ2) is 6.77. The molecule has 0 radical (unpaired) electrons. The number of nitrogen functional groups attached to an aromatic ring is 1. The summed E-state index contributed by atoms with van der Waals surface area (Å²) in [6.07, 6.45) is 2.23. The smallest absolute Gasteiger partial charge is 0.293 e. The first-order chi connectivity index (χ1) is 9.70. The Bertz CT molecular complexity index is 605. The van der Waals surface area contributed by atoms with Gasteiger partial charge in [0.25, 0.3) is 5.56 Å². The molecule has 0 atom stereocenters. The van der Waals surface area contributed by atoms with E-state index in [2.05, 4.69) is 0 Å². The highest BCUT2D eigenvalue weighted by molar-refractivity contribution is 5.39. The number of hydrogen-bond acceptors (Lipinski definition) is 4. The van der Waals surface area contributed by atoms with E-state index in [4.69, 9.17) is 15.6 Å². The number of aliphatic hydroxyl groups is 1. The Morgan fingerprint density at radius 1 is 1.20 bits per heavy atom. The summed E-state index contributed by atoms with van der Waals surface area (Å²) in [5.74, 6) is 0.302. The van der Waals surface area contributed by atoms with Gasteiger partial charge in [0.2, 0.25) is 0 Å². The van der Waals surface area contributed by atoms with Gasteiger partial charge >= 0.3 is 0 Å². The molecule has 2 rings (SSSR count). The maximum Gasteiger partial charge on any atom is 0.293 e. The summed E-state index contributed by atoms with van der Waals surface area (Å²) in [4.78, 5) is 12.2. The van der Waals surface area contributed by atoms with Crippen LogP contribution in [0.15, 0.2) is 47.4 Å². The Kier molecular flexibility index (Phi) is 4.79. The number of benzene rings is 1. The van der Waals surface area contributed by atoms with E-state index in [-0.39, 0.29) is 12.2 Å². The van der Waals surface area contributed by atoms with E-state index in [1.165, 1.54) is 0 Å². The van der Waals surface area contributed by atoms with Crippen LogP contribution in [0.2, 0.25) is 0 Å². The third-order valence-corrected chi connectivity index (χ3v) is 2.88. The molecule has 0 saturated carbocycles. The van der Waals surface area contributed by atoms with Crippen molar-refractivity contribution >= 4 is 5.69 Å². The predicted molar refractivity (Wildman–Crippen MR) is 77.9 cm³/mol. The Balaban J connectivity index is 2.14. The number of nitrogens with two attached hydrogens (primary N) is 1. The summed E-state index contributed by atoms with van der Waals surface area (Å²) in [7, 11) is 0. The quantitative estimate of drug-likeness (QED) is 0.613. The zero-order valence-corrected chi connectivity index (χ0v) is 11.2. The van der Waals surface area contributed by atoms with E-state index in [0.29, 0.717) is 31.0 Å². The molecule has 1 heterocycles. The molecule has 0 amide bonds. The average Bonchev–Trinajstić information content (AvgIpc) is 2.45. The molecule has 0 bridgehead atoms. The molecule has 0 aliphatic heterocycles. The first-order valence-electron chi connectivity index (χ1n) is 6.48. The molecule has 2 aromatic rings. The minimum absolute atomic E-state index is 0.0481. The molecule has 5 nitrogen and oxygen atoms in total. The zero-order valence-electron chi connectivity index (χ0n) is 11.2. The lowest BCUT2D eigenvalue weighted by Gasteiger charge is -2.09. The number of nitrogens with zero attached hydrogens (tertiary/aromatic N) is 1. The van der Waals surface area contributed by atoms with E-state index in [1.807, 2.05) is 24.3 Å². The van der Waals surface area contributed by atoms with Gasteiger partial charge in [0.05, 0.1) is 13.2 Å². The lowest BCUT2D eigenvalue weighted by Crippen LogP contribution is -2.22. The Morgan fingerprint density at radius 3 is 2.65 bits per heavy atom. The highest BCUT2D eigenvalue weighted by Crippen LogP contribution is 2.08. The lowest BCUT2D eigenvalue weighted by molar-refractivity contribution is 0.231. The number of aliphatic hydroxyl groups excluding tert-OH is 1. The van der Waals surface area contributed by atoms with Crippen molar-refractivity contribution in [1.82, 2.24) is 4.57 Å². The first kappa shape index (κ1) is 14.1. The fourth-order valence-electron chi connectivity index (χ4n) is 1.82. The van der Waals surface area contributed by atoms with Crippen molar-refractivity contribution in [2.75, 3.05) is 18.9 Å². The summed E-state index contributed by atoms with van der Waals surface area (Å²) < 4.78 is 6.94. The van der Waals surface area contributed by atoms with Gasteiger partial charge in [-0.15, -0.1) is 0 Å². The highest BCUT2D eigenvalue weighted by Gasteiger charge is 2.04. The SMILES string of the molecule is Nc1ccc(Cn2cccc(OCCCO)c2=O)cc1. The average molecular weight is 274 g/mol. The van der Waals surface area contributed by atoms with Gasteiger partial charge in [-0.05, 0) is 29.8 Å².